The molecule has 2 N–H and O–H groups in total. The van der Waals surface area contributed by atoms with E-state index in [9.17, 15) is 9.59 Å². The van der Waals surface area contributed by atoms with Gasteiger partial charge in [-0.2, -0.15) is 0 Å². The number of benzene rings is 1. The third kappa shape index (κ3) is 6.12. The Hall–Kier alpha value is -2.34. The van der Waals surface area contributed by atoms with Crippen LogP contribution < -0.4 is 10.6 Å². The van der Waals surface area contributed by atoms with Gasteiger partial charge in [-0.15, -0.1) is 0 Å². The van der Waals surface area contributed by atoms with Gasteiger partial charge in [-0.1, -0.05) is 32.1 Å². The number of carbonyl (C=O) groups is 2. The first kappa shape index (κ1) is 22.8. The number of furan rings is 1. The van der Waals surface area contributed by atoms with Crippen molar-refractivity contribution in [1.29, 1.82) is 0 Å². The van der Waals surface area contributed by atoms with Gasteiger partial charge in [0.05, 0.1) is 12.2 Å². The molecule has 0 spiro atoms. The van der Waals surface area contributed by atoms with Crippen LogP contribution >= 0.6 is 0 Å². The number of unbranched alkanes of at least 4 members (excludes halogenated alkanes) is 5. The van der Waals surface area contributed by atoms with Gasteiger partial charge >= 0.3 is 0 Å². The molecule has 1 unspecified atom stereocenters. The Labute approximate surface area is 191 Å². The number of likely N-dealkylation sites (tertiary alicyclic amines) is 1. The lowest BCUT2D eigenvalue weighted by Gasteiger charge is -2.26. The summed E-state index contributed by atoms with van der Waals surface area (Å²) in [6.07, 6.45) is 14.5. The molecule has 2 aliphatic rings. The minimum absolute atomic E-state index is 0.191. The molecule has 1 aromatic heterocycles. The summed E-state index contributed by atoms with van der Waals surface area (Å²) < 4.78 is 5.67. The second kappa shape index (κ2) is 11.5. The minimum atomic E-state index is -0.320. The Kier molecular flexibility index (Phi) is 8.21. The van der Waals surface area contributed by atoms with Crippen molar-refractivity contribution in [3.63, 3.8) is 0 Å². The smallest absolute Gasteiger partial charge is 0.234 e. The van der Waals surface area contributed by atoms with Crippen LogP contribution in [-0.4, -0.2) is 42.9 Å². The summed E-state index contributed by atoms with van der Waals surface area (Å²) in [5, 5.41) is 6.92. The van der Waals surface area contributed by atoms with Crippen molar-refractivity contribution in [2.75, 3.05) is 31.5 Å². The molecule has 6 heteroatoms. The van der Waals surface area contributed by atoms with E-state index < -0.39 is 0 Å². The van der Waals surface area contributed by atoms with Crippen LogP contribution in [-0.2, 0) is 9.59 Å². The summed E-state index contributed by atoms with van der Waals surface area (Å²) in [6, 6.07) is 6.05. The molecule has 2 aliphatic heterocycles. The second-order valence-corrected chi connectivity index (χ2v) is 9.36. The van der Waals surface area contributed by atoms with E-state index in [-0.39, 0.29) is 17.7 Å². The Morgan fingerprint density at radius 1 is 1.00 bits per heavy atom. The minimum Gasteiger partial charge on any atom is -0.464 e. The number of anilines is 1. The van der Waals surface area contributed by atoms with Gasteiger partial charge in [-0.3, -0.25) is 14.9 Å². The number of carbonyl (C=O) groups excluding carboxylic acids is 2. The molecule has 32 heavy (non-hydrogen) atoms. The highest BCUT2D eigenvalue weighted by Crippen LogP contribution is 2.33. The van der Waals surface area contributed by atoms with Crippen molar-refractivity contribution in [3.8, 4) is 0 Å². The van der Waals surface area contributed by atoms with Gasteiger partial charge in [-0.25, -0.2) is 0 Å². The molecule has 1 atom stereocenters. The molecule has 1 aromatic carbocycles. The maximum atomic E-state index is 12.3. The molecular formula is C26H37N3O3. The molecule has 0 bridgehead atoms. The van der Waals surface area contributed by atoms with Gasteiger partial charge in [0.25, 0.3) is 0 Å². The van der Waals surface area contributed by atoms with E-state index in [1.807, 2.05) is 12.1 Å². The fourth-order valence-corrected chi connectivity index (χ4v) is 5.00. The Morgan fingerprint density at radius 2 is 1.78 bits per heavy atom. The average molecular weight is 440 g/mol. The van der Waals surface area contributed by atoms with E-state index in [1.54, 1.807) is 6.26 Å². The van der Waals surface area contributed by atoms with Crippen LogP contribution in [0.4, 0.5) is 5.69 Å². The molecule has 174 valence electrons. The molecule has 3 heterocycles. The Balaban J connectivity index is 1.16. The van der Waals surface area contributed by atoms with Crippen molar-refractivity contribution in [1.82, 2.24) is 10.2 Å². The van der Waals surface area contributed by atoms with E-state index in [4.69, 9.17) is 4.42 Å². The van der Waals surface area contributed by atoms with Gasteiger partial charge in [0.15, 0.2) is 0 Å². The summed E-state index contributed by atoms with van der Waals surface area (Å²) in [4.78, 5) is 26.3. The van der Waals surface area contributed by atoms with E-state index >= 15 is 0 Å². The highest BCUT2D eigenvalue weighted by Gasteiger charge is 2.30. The van der Waals surface area contributed by atoms with Gasteiger partial charge in [-0.05, 0) is 69.9 Å². The van der Waals surface area contributed by atoms with Crippen LogP contribution in [0.3, 0.4) is 0 Å². The van der Waals surface area contributed by atoms with Crippen LogP contribution in [0.1, 0.15) is 82.1 Å². The van der Waals surface area contributed by atoms with Crippen molar-refractivity contribution >= 4 is 28.5 Å². The number of nitrogens with zero attached hydrogens (tertiary/aromatic N) is 1. The molecule has 0 saturated carbocycles. The van der Waals surface area contributed by atoms with Crippen molar-refractivity contribution in [2.24, 2.45) is 0 Å². The highest BCUT2D eigenvalue weighted by atomic mass is 16.3. The summed E-state index contributed by atoms with van der Waals surface area (Å²) in [7, 11) is 0. The fraction of sp³-hybridized carbons (Fsp3) is 0.615. The van der Waals surface area contributed by atoms with E-state index in [1.165, 1.54) is 71.0 Å². The van der Waals surface area contributed by atoms with Gasteiger partial charge in [0.1, 0.15) is 5.58 Å². The quantitative estimate of drug-likeness (QED) is 0.372. The SMILES string of the molecule is O=C1CCC(c2coc3ccc(NCCCCCCCCN4CCCCC4)cc23)C(=O)N1. The van der Waals surface area contributed by atoms with E-state index in [2.05, 4.69) is 21.6 Å². The highest BCUT2D eigenvalue weighted by molar-refractivity contribution is 6.02. The lowest BCUT2D eigenvalue weighted by Crippen LogP contribution is -2.39. The van der Waals surface area contributed by atoms with Crippen LogP contribution in [0.2, 0.25) is 0 Å². The number of amides is 2. The number of hydrogen-bond donors (Lipinski definition) is 2. The van der Waals surface area contributed by atoms with Crippen LogP contribution in [0.15, 0.2) is 28.9 Å². The zero-order valence-electron chi connectivity index (χ0n) is 19.2. The standard InChI is InChI=1S/C26H37N3O3/c30-25-13-11-21(26(31)28-25)23-19-32-24-12-10-20(18-22(23)24)27-14-6-3-1-2-4-7-15-29-16-8-5-9-17-29/h10,12,18-19,21,27H,1-9,11,13-17H2,(H,28,30,31). The summed E-state index contributed by atoms with van der Waals surface area (Å²) in [5.74, 6) is -0.735. The molecule has 2 saturated heterocycles. The van der Waals surface area contributed by atoms with E-state index in [0.29, 0.717) is 12.8 Å². The number of fused-ring (bicyclic) bond motifs is 1. The van der Waals surface area contributed by atoms with Gasteiger partial charge in [0.2, 0.25) is 11.8 Å². The Bertz CT molecular complexity index is 901. The van der Waals surface area contributed by atoms with Gasteiger partial charge < -0.3 is 14.6 Å². The fourth-order valence-electron chi connectivity index (χ4n) is 5.00. The van der Waals surface area contributed by atoms with Crippen molar-refractivity contribution < 1.29 is 14.0 Å². The molecule has 0 radical (unpaired) electrons. The van der Waals surface area contributed by atoms with Crippen LogP contribution in [0.5, 0.6) is 0 Å². The zero-order valence-corrected chi connectivity index (χ0v) is 19.2. The lowest BCUT2D eigenvalue weighted by atomic mass is 9.90. The lowest BCUT2D eigenvalue weighted by molar-refractivity contribution is -0.134. The predicted molar refractivity (Wildman–Crippen MR) is 128 cm³/mol. The normalized spacial score (nSPS) is 19.9. The molecule has 2 aromatic rings. The number of piperidine rings is 2. The monoisotopic (exact) mass is 439 g/mol. The third-order valence-corrected chi connectivity index (χ3v) is 6.90. The number of rotatable bonds is 11. The van der Waals surface area contributed by atoms with Gasteiger partial charge in [0, 0.05) is 29.6 Å². The molecule has 0 aliphatic carbocycles. The maximum Gasteiger partial charge on any atom is 0.234 e. The largest absolute Gasteiger partial charge is 0.464 e. The number of imide groups is 1. The second-order valence-electron chi connectivity index (χ2n) is 9.36. The molecule has 2 fully saturated rings. The maximum absolute atomic E-state index is 12.3. The first-order valence-corrected chi connectivity index (χ1v) is 12.5. The summed E-state index contributed by atoms with van der Waals surface area (Å²) in [6.45, 7) is 4.86. The number of nitrogens with one attached hydrogen (secondary N) is 2. The third-order valence-electron chi connectivity index (χ3n) is 6.90. The van der Waals surface area contributed by atoms with Crippen LogP contribution in [0.25, 0.3) is 11.0 Å². The first-order chi connectivity index (χ1) is 15.7. The Morgan fingerprint density at radius 3 is 2.59 bits per heavy atom. The van der Waals surface area contributed by atoms with E-state index in [0.717, 1.165) is 35.2 Å². The number of hydrogen-bond acceptors (Lipinski definition) is 5. The molecule has 4 rings (SSSR count). The van der Waals surface area contributed by atoms with Crippen LogP contribution in [0, 0.1) is 0 Å². The molecular weight excluding hydrogens is 402 g/mol. The summed E-state index contributed by atoms with van der Waals surface area (Å²) in [5.41, 5.74) is 2.70. The molecule has 2 amide bonds. The zero-order chi connectivity index (χ0) is 22.2. The topological polar surface area (TPSA) is 74.6 Å². The summed E-state index contributed by atoms with van der Waals surface area (Å²) >= 11 is 0. The predicted octanol–water partition coefficient (Wildman–Crippen LogP) is 5.19. The van der Waals surface area contributed by atoms with Crippen molar-refractivity contribution in [3.05, 3.63) is 30.0 Å². The van der Waals surface area contributed by atoms with Crippen molar-refractivity contribution in [2.45, 2.75) is 76.5 Å². The first-order valence-electron chi connectivity index (χ1n) is 12.5. The molecule has 6 nitrogen and oxygen atoms in total. The average Bonchev–Trinajstić information content (AvgIpc) is 3.22.